The Bertz CT molecular complexity index is 393. The predicted molar refractivity (Wildman–Crippen MR) is 68.1 cm³/mol. The average Bonchev–Trinajstić information content (AvgIpc) is 2.31. The van der Waals surface area contributed by atoms with Crippen LogP contribution in [0.1, 0.15) is 18.4 Å². The van der Waals surface area contributed by atoms with Crippen molar-refractivity contribution in [3.63, 3.8) is 0 Å². The first-order chi connectivity index (χ1) is 7.79. The van der Waals surface area contributed by atoms with Crippen molar-refractivity contribution >= 4 is 17.7 Å². The van der Waals surface area contributed by atoms with Crippen molar-refractivity contribution in [2.24, 2.45) is 0 Å². The first-order valence-corrected chi connectivity index (χ1v) is 5.91. The van der Waals surface area contributed by atoms with Crippen LogP contribution in [0.2, 0.25) is 5.02 Å². The lowest BCUT2D eigenvalue weighted by Gasteiger charge is -2.16. The Kier molecular flexibility index (Phi) is 3.86. The molecule has 2 rings (SSSR count). The van der Waals surface area contributed by atoms with Crippen LogP contribution < -0.4 is 10.1 Å². The van der Waals surface area contributed by atoms with Gasteiger partial charge in [0, 0.05) is 10.6 Å². The van der Waals surface area contributed by atoms with Crippen LogP contribution in [0.25, 0.3) is 6.08 Å². The highest BCUT2D eigenvalue weighted by molar-refractivity contribution is 6.30. The second-order valence-electron chi connectivity index (χ2n) is 3.94. The SMILES string of the molecule is COc1ccc(Cl)cc1C=C1CCNCC1. The molecule has 0 amide bonds. The normalized spacial score (nSPS) is 16.0. The van der Waals surface area contributed by atoms with Gasteiger partial charge < -0.3 is 10.1 Å². The van der Waals surface area contributed by atoms with E-state index >= 15 is 0 Å². The largest absolute Gasteiger partial charge is 0.496 e. The Labute approximate surface area is 101 Å². The van der Waals surface area contributed by atoms with Gasteiger partial charge in [-0.05, 0) is 44.1 Å². The van der Waals surface area contributed by atoms with Crippen molar-refractivity contribution < 1.29 is 4.74 Å². The molecule has 1 aromatic carbocycles. The van der Waals surface area contributed by atoms with E-state index < -0.39 is 0 Å². The van der Waals surface area contributed by atoms with Gasteiger partial charge in [-0.2, -0.15) is 0 Å². The average molecular weight is 238 g/mol. The van der Waals surface area contributed by atoms with Crippen molar-refractivity contribution in [3.05, 3.63) is 34.4 Å². The number of hydrogen-bond acceptors (Lipinski definition) is 2. The topological polar surface area (TPSA) is 21.3 Å². The number of hydrogen-bond donors (Lipinski definition) is 1. The van der Waals surface area contributed by atoms with Crippen LogP contribution in [-0.4, -0.2) is 20.2 Å². The Morgan fingerprint density at radius 1 is 1.31 bits per heavy atom. The molecule has 0 saturated carbocycles. The van der Waals surface area contributed by atoms with E-state index in [4.69, 9.17) is 16.3 Å². The number of rotatable bonds is 2. The first kappa shape index (κ1) is 11.5. The predicted octanol–water partition coefficient (Wildman–Crippen LogP) is 3.12. The maximum atomic E-state index is 5.99. The second kappa shape index (κ2) is 5.37. The van der Waals surface area contributed by atoms with Crippen molar-refractivity contribution in [2.45, 2.75) is 12.8 Å². The van der Waals surface area contributed by atoms with Crippen molar-refractivity contribution in [2.75, 3.05) is 20.2 Å². The van der Waals surface area contributed by atoms with Gasteiger partial charge in [-0.1, -0.05) is 23.3 Å². The van der Waals surface area contributed by atoms with Gasteiger partial charge in [-0.25, -0.2) is 0 Å². The summed E-state index contributed by atoms with van der Waals surface area (Å²) >= 11 is 5.99. The summed E-state index contributed by atoms with van der Waals surface area (Å²) in [6, 6.07) is 5.72. The lowest BCUT2D eigenvalue weighted by atomic mass is 10.0. The summed E-state index contributed by atoms with van der Waals surface area (Å²) < 4.78 is 5.32. The minimum Gasteiger partial charge on any atom is -0.496 e. The molecule has 0 unspecified atom stereocenters. The molecule has 2 nitrogen and oxygen atoms in total. The number of piperidine rings is 1. The molecule has 16 heavy (non-hydrogen) atoms. The van der Waals surface area contributed by atoms with Crippen molar-refractivity contribution in [1.82, 2.24) is 5.32 Å². The molecule has 1 aliphatic heterocycles. The Hall–Kier alpha value is -0.990. The number of nitrogens with one attached hydrogen (secondary N) is 1. The maximum Gasteiger partial charge on any atom is 0.126 e. The molecule has 0 radical (unpaired) electrons. The summed E-state index contributed by atoms with van der Waals surface area (Å²) in [6.07, 6.45) is 4.41. The molecule has 0 spiro atoms. The third-order valence-corrected chi connectivity index (χ3v) is 3.03. The van der Waals surface area contributed by atoms with Gasteiger partial charge in [0.15, 0.2) is 0 Å². The summed E-state index contributed by atoms with van der Waals surface area (Å²) in [5, 5.41) is 4.09. The summed E-state index contributed by atoms with van der Waals surface area (Å²) in [6.45, 7) is 2.13. The summed E-state index contributed by atoms with van der Waals surface area (Å²) in [4.78, 5) is 0. The molecule has 1 aliphatic rings. The highest BCUT2D eigenvalue weighted by Crippen LogP contribution is 2.26. The van der Waals surface area contributed by atoms with E-state index in [1.807, 2.05) is 18.2 Å². The monoisotopic (exact) mass is 237 g/mol. The van der Waals surface area contributed by atoms with Gasteiger partial charge in [0.2, 0.25) is 0 Å². The van der Waals surface area contributed by atoms with E-state index in [2.05, 4.69) is 11.4 Å². The Morgan fingerprint density at radius 2 is 2.06 bits per heavy atom. The lowest BCUT2D eigenvalue weighted by molar-refractivity contribution is 0.414. The third kappa shape index (κ3) is 2.77. The number of halogens is 1. The van der Waals surface area contributed by atoms with Crippen LogP contribution in [0.15, 0.2) is 23.8 Å². The van der Waals surface area contributed by atoms with Crippen LogP contribution in [0.5, 0.6) is 5.75 Å². The molecule has 1 fully saturated rings. The first-order valence-electron chi connectivity index (χ1n) is 5.53. The molecule has 0 atom stereocenters. The minimum atomic E-state index is 0.751. The van der Waals surface area contributed by atoms with Gasteiger partial charge in [0.1, 0.15) is 5.75 Å². The fraction of sp³-hybridized carbons (Fsp3) is 0.385. The molecule has 1 N–H and O–H groups in total. The smallest absolute Gasteiger partial charge is 0.126 e. The molecular formula is C13H16ClNO. The Balaban J connectivity index is 2.27. The molecule has 1 aromatic rings. The fourth-order valence-corrected chi connectivity index (χ4v) is 2.11. The molecule has 1 saturated heterocycles. The maximum absolute atomic E-state index is 5.99. The molecule has 86 valence electrons. The van der Waals surface area contributed by atoms with E-state index in [1.165, 1.54) is 5.57 Å². The van der Waals surface area contributed by atoms with Crippen molar-refractivity contribution in [1.29, 1.82) is 0 Å². The van der Waals surface area contributed by atoms with Gasteiger partial charge in [0.05, 0.1) is 7.11 Å². The summed E-state index contributed by atoms with van der Waals surface area (Å²) in [5.41, 5.74) is 2.53. The van der Waals surface area contributed by atoms with E-state index in [0.29, 0.717) is 0 Å². The molecule has 3 heteroatoms. The highest BCUT2D eigenvalue weighted by Gasteiger charge is 2.07. The lowest BCUT2D eigenvalue weighted by Crippen LogP contribution is -2.22. The zero-order valence-electron chi connectivity index (χ0n) is 9.42. The van der Waals surface area contributed by atoms with Crippen LogP contribution in [0, 0.1) is 0 Å². The van der Waals surface area contributed by atoms with Crippen molar-refractivity contribution in [3.8, 4) is 5.75 Å². The van der Waals surface area contributed by atoms with Crippen LogP contribution in [-0.2, 0) is 0 Å². The quantitative estimate of drug-likeness (QED) is 0.854. The number of ether oxygens (including phenoxy) is 1. The zero-order chi connectivity index (χ0) is 11.4. The zero-order valence-corrected chi connectivity index (χ0v) is 10.2. The van der Waals surface area contributed by atoms with E-state index in [1.54, 1.807) is 7.11 Å². The van der Waals surface area contributed by atoms with Gasteiger partial charge in [0.25, 0.3) is 0 Å². The summed E-state index contributed by atoms with van der Waals surface area (Å²) in [7, 11) is 1.69. The number of benzene rings is 1. The van der Waals surface area contributed by atoms with E-state index in [9.17, 15) is 0 Å². The molecule has 1 heterocycles. The molecule has 0 aliphatic carbocycles. The minimum absolute atomic E-state index is 0.751. The molecule has 0 bridgehead atoms. The van der Waals surface area contributed by atoms with Crippen LogP contribution in [0.3, 0.4) is 0 Å². The van der Waals surface area contributed by atoms with Gasteiger partial charge >= 0.3 is 0 Å². The van der Waals surface area contributed by atoms with Crippen LogP contribution >= 0.6 is 11.6 Å². The Morgan fingerprint density at radius 3 is 2.75 bits per heavy atom. The third-order valence-electron chi connectivity index (χ3n) is 2.80. The fourth-order valence-electron chi connectivity index (χ4n) is 1.93. The second-order valence-corrected chi connectivity index (χ2v) is 4.38. The van der Waals surface area contributed by atoms with E-state index in [-0.39, 0.29) is 0 Å². The van der Waals surface area contributed by atoms with E-state index in [0.717, 1.165) is 42.3 Å². The number of methoxy groups -OCH3 is 1. The molecule has 0 aromatic heterocycles. The van der Waals surface area contributed by atoms with Gasteiger partial charge in [-0.3, -0.25) is 0 Å². The van der Waals surface area contributed by atoms with Crippen LogP contribution in [0.4, 0.5) is 0 Å². The summed E-state index contributed by atoms with van der Waals surface area (Å²) in [5.74, 6) is 0.885. The highest BCUT2D eigenvalue weighted by atomic mass is 35.5. The standard InChI is InChI=1S/C13H16ClNO/c1-16-13-3-2-12(14)9-11(13)8-10-4-6-15-7-5-10/h2-3,8-9,15H,4-7H2,1H3. The molecular weight excluding hydrogens is 222 g/mol. The van der Waals surface area contributed by atoms with Gasteiger partial charge in [-0.15, -0.1) is 0 Å².